The molecule has 0 spiro atoms. The van der Waals surface area contributed by atoms with Gasteiger partial charge in [-0.2, -0.15) is 0 Å². The summed E-state index contributed by atoms with van der Waals surface area (Å²) in [5.41, 5.74) is 1.09. The number of nitrogens with zero attached hydrogens (tertiary/aromatic N) is 1. The molecule has 1 aliphatic rings. The third-order valence-electron chi connectivity index (χ3n) is 5.75. The number of ether oxygens (including phenoxy) is 2. The molecule has 2 rings (SSSR count). The van der Waals surface area contributed by atoms with E-state index in [0.717, 1.165) is 50.0 Å². The van der Waals surface area contributed by atoms with E-state index in [0.29, 0.717) is 13.1 Å². The minimum Gasteiger partial charge on any atom is -0.497 e. The SMILES string of the molecule is CN(CC(=O)NC1CCC(O)CC1)CC(C)(C)C.COc1ccc(CCNC(=O)COC(C)(C)C)cc1. The lowest BCUT2D eigenvalue weighted by Crippen LogP contribution is -2.44. The van der Waals surface area contributed by atoms with Crippen LogP contribution in [0.3, 0.4) is 0 Å². The predicted octanol–water partition coefficient (Wildman–Crippen LogP) is 3.55. The molecule has 212 valence electrons. The molecule has 8 heteroatoms. The van der Waals surface area contributed by atoms with E-state index in [4.69, 9.17) is 9.47 Å². The van der Waals surface area contributed by atoms with Gasteiger partial charge in [0.25, 0.3) is 0 Å². The van der Waals surface area contributed by atoms with E-state index in [1.807, 2.05) is 52.1 Å². The number of carbonyl (C=O) groups excluding carboxylic acids is 2. The Morgan fingerprint density at radius 1 is 1.00 bits per heavy atom. The van der Waals surface area contributed by atoms with Gasteiger partial charge in [0.05, 0.1) is 25.4 Å². The largest absolute Gasteiger partial charge is 0.497 e. The molecule has 0 atom stereocenters. The van der Waals surface area contributed by atoms with Crippen molar-refractivity contribution < 1.29 is 24.2 Å². The van der Waals surface area contributed by atoms with Crippen molar-refractivity contribution >= 4 is 11.8 Å². The van der Waals surface area contributed by atoms with E-state index >= 15 is 0 Å². The molecule has 0 bridgehead atoms. The molecule has 8 nitrogen and oxygen atoms in total. The van der Waals surface area contributed by atoms with Gasteiger partial charge in [-0.05, 0) is 83.0 Å². The number of aliphatic hydroxyl groups is 1. The Balaban J connectivity index is 0.000000371. The molecule has 0 unspecified atom stereocenters. The summed E-state index contributed by atoms with van der Waals surface area (Å²) in [5, 5.41) is 15.3. The zero-order chi connectivity index (χ0) is 28.1. The number of carbonyl (C=O) groups is 2. The Hall–Kier alpha value is -2.16. The molecule has 1 aromatic carbocycles. The average molecular weight is 522 g/mol. The van der Waals surface area contributed by atoms with Gasteiger partial charge in [0.15, 0.2) is 0 Å². The van der Waals surface area contributed by atoms with Gasteiger partial charge in [0, 0.05) is 19.1 Å². The van der Waals surface area contributed by atoms with Gasteiger partial charge >= 0.3 is 0 Å². The molecule has 3 N–H and O–H groups in total. The number of hydrogen-bond donors (Lipinski definition) is 3. The Morgan fingerprint density at radius 2 is 1.59 bits per heavy atom. The normalized spacial score (nSPS) is 18.0. The smallest absolute Gasteiger partial charge is 0.246 e. The maximum absolute atomic E-state index is 11.9. The van der Waals surface area contributed by atoms with Crippen LogP contribution < -0.4 is 15.4 Å². The van der Waals surface area contributed by atoms with E-state index in [-0.39, 0.29) is 41.6 Å². The van der Waals surface area contributed by atoms with Crippen molar-refractivity contribution in [1.82, 2.24) is 15.5 Å². The van der Waals surface area contributed by atoms with Crippen LogP contribution in [-0.4, -0.2) is 80.0 Å². The highest BCUT2D eigenvalue weighted by Gasteiger charge is 2.22. The molecule has 1 aromatic rings. The Morgan fingerprint density at radius 3 is 2.11 bits per heavy atom. The first kappa shape index (κ1) is 32.9. The van der Waals surface area contributed by atoms with Crippen molar-refractivity contribution in [2.24, 2.45) is 5.41 Å². The molecular weight excluding hydrogens is 470 g/mol. The van der Waals surface area contributed by atoms with Crippen LogP contribution in [0, 0.1) is 5.41 Å². The van der Waals surface area contributed by atoms with E-state index in [2.05, 4.69) is 36.3 Å². The van der Waals surface area contributed by atoms with Crippen molar-refractivity contribution in [1.29, 1.82) is 0 Å². The van der Waals surface area contributed by atoms with Crippen molar-refractivity contribution in [3.63, 3.8) is 0 Å². The van der Waals surface area contributed by atoms with Crippen LogP contribution >= 0.6 is 0 Å². The summed E-state index contributed by atoms with van der Waals surface area (Å²) in [6, 6.07) is 8.08. The third kappa shape index (κ3) is 17.1. The molecular formula is C29H51N3O5. The monoisotopic (exact) mass is 521 g/mol. The maximum atomic E-state index is 11.9. The predicted molar refractivity (Wildman–Crippen MR) is 149 cm³/mol. The molecule has 0 radical (unpaired) electrons. The summed E-state index contributed by atoms with van der Waals surface area (Å²) in [6.07, 6.45) is 4.05. The standard InChI is InChI=1S/C15H23NO3.C14H28N2O2/c1-15(2,3)19-11-14(17)16-10-9-12-5-7-13(18-4)8-6-12;1-14(2,3)10-16(4)9-13(18)15-11-5-7-12(17)8-6-11/h5-8H,9-11H2,1-4H3,(H,16,17);11-12,17H,5-10H2,1-4H3,(H,15,18). The number of aliphatic hydroxyl groups excluding tert-OH is 1. The highest BCUT2D eigenvalue weighted by atomic mass is 16.5. The summed E-state index contributed by atoms with van der Waals surface area (Å²) >= 11 is 0. The van der Waals surface area contributed by atoms with E-state index < -0.39 is 0 Å². The number of likely N-dealkylation sites (N-methyl/N-ethyl adjacent to an activating group) is 1. The van der Waals surface area contributed by atoms with Crippen LogP contribution in [0.25, 0.3) is 0 Å². The minimum atomic E-state index is -0.284. The molecule has 0 aromatic heterocycles. The van der Waals surface area contributed by atoms with E-state index in [9.17, 15) is 14.7 Å². The maximum Gasteiger partial charge on any atom is 0.246 e. The van der Waals surface area contributed by atoms with Crippen LogP contribution in [0.5, 0.6) is 5.75 Å². The van der Waals surface area contributed by atoms with Crippen LogP contribution in [0.1, 0.15) is 72.8 Å². The van der Waals surface area contributed by atoms with Gasteiger partial charge in [-0.1, -0.05) is 32.9 Å². The van der Waals surface area contributed by atoms with E-state index in [1.54, 1.807) is 7.11 Å². The molecule has 0 saturated heterocycles. The second-order valence-electron chi connectivity index (χ2n) is 12.2. The summed E-state index contributed by atoms with van der Waals surface area (Å²) in [4.78, 5) is 25.5. The van der Waals surface area contributed by atoms with Crippen LogP contribution in [0.4, 0.5) is 0 Å². The zero-order valence-corrected chi connectivity index (χ0v) is 24.4. The first-order valence-corrected chi connectivity index (χ1v) is 13.4. The average Bonchev–Trinajstić information content (AvgIpc) is 2.78. The van der Waals surface area contributed by atoms with Crippen molar-refractivity contribution in [2.75, 3.05) is 40.4 Å². The molecule has 1 aliphatic carbocycles. The summed E-state index contributed by atoms with van der Waals surface area (Å²) < 4.78 is 10.5. The number of rotatable bonds is 10. The first-order chi connectivity index (χ1) is 17.2. The van der Waals surface area contributed by atoms with Gasteiger partial charge in [0.1, 0.15) is 12.4 Å². The molecule has 1 fully saturated rings. The van der Waals surface area contributed by atoms with Crippen LogP contribution in [0.2, 0.25) is 0 Å². The van der Waals surface area contributed by atoms with Gasteiger partial charge in [-0.3, -0.25) is 14.5 Å². The highest BCUT2D eigenvalue weighted by Crippen LogP contribution is 2.18. The number of methoxy groups -OCH3 is 1. The van der Waals surface area contributed by atoms with Gasteiger partial charge < -0.3 is 25.2 Å². The van der Waals surface area contributed by atoms with Crippen molar-refractivity contribution in [2.45, 2.75) is 91.4 Å². The highest BCUT2D eigenvalue weighted by molar-refractivity contribution is 5.78. The Bertz CT molecular complexity index is 791. The fraction of sp³-hybridized carbons (Fsp3) is 0.724. The first-order valence-electron chi connectivity index (χ1n) is 13.4. The number of nitrogens with one attached hydrogen (secondary N) is 2. The lowest BCUT2D eigenvalue weighted by Gasteiger charge is -2.29. The Labute approximate surface area is 224 Å². The van der Waals surface area contributed by atoms with Gasteiger partial charge in [-0.25, -0.2) is 0 Å². The van der Waals surface area contributed by atoms with Crippen molar-refractivity contribution in [3.05, 3.63) is 29.8 Å². The summed E-state index contributed by atoms with van der Waals surface area (Å²) in [6.45, 7) is 14.4. The molecule has 2 amide bonds. The zero-order valence-electron chi connectivity index (χ0n) is 24.4. The van der Waals surface area contributed by atoms with Crippen LogP contribution in [0.15, 0.2) is 24.3 Å². The molecule has 37 heavy (non-hydrogen) atoms. The van der Waals surface area contributed by atoms with E-state index in [1.165, 1.54) is 0 Å². The Kier molecular flexibility index (Phi) is 14.2. The minimum absolute atomic E-state index is 0.0802. The van der Waals surface area contributed by atoms with Crippen LogP contribution in [-0.2, 0) is 20.7 Å². The molecule has 1 saturated carbocycles. The fourth-order valence-corrected chi connectivity index (χ4v) is 4.08. The van der Waals surface area contributed by atoms with Gasteiger partial charge in [-0.15, -0.1) is 0 Å². The molecule has 0 aliphatic heterocycles. The lowest BCUT2D eigenvalue weighted by molar-refractivity contribution is -0.130. The second-order valence-corrected chi connectivity index (χ2v) is 12.2. The van der Waals surface area contributed by atoms with Gasteiger partial charge in [0.2, 0.25) is 11.8 Å². The number of benzene rings is 1. The summed E-state index contributed by atoms with van der Waals surface area (Å²) in [7, 11) is 3.62. The number of hydrogen-bond acceptors (Lipinski definition) is 6. The number of amides is 2. The molecule has 0 heterocycles. The lowest BCUT2D eigenvalue weighted by atomic mass is 9.93. The van der Waals surface area contributed by atoms with Crippen molar-refractivity contribution in [3.8, 4) is 5.75 Å². The topological polar surface area (TPSA) is 100 Å². The fourth-order valence-electron chi connectivity index (χ4n) is 4.08. The summed E-state index contributed by atoms with van der Waals surface area (Å²) in [5.74, 6) is 0.859. The quantitative estimate of drug-likeness (QED) is 0.435. The second kappa shape index (κ2) is 15.9. The third-order valence-corrected chi connectivity index (χ3v) is 5.75.